The van der Waals surface area contributed by atoms with Crippen molar-refractivity contribution in [3.63, 3.8) is 0 Å². The van der Waals surface area contributed by atoms with E-state index in [4.69, 9.17) is 4.42 Å². The van der Waals surface area contributed by atoms with E-state index < -0.39 is 0 Å². The molecule has 1 aliphatic heterocycles. The van der Waals surface area contributed by atoms with Crippen molar-refractivity contribution in [1.82, 2.24) is 4.90 Å². The molecule has 4 nitrogen and oxygen atoms in total. The molecule has 0 bridgehead atoms. The number of fused-ring (bicyclic) bond motifs is 1. The molecule has 27 heavy (non-hydrogen) atoms. The molecule has 3 aromatic rings. The molecule has 0 saturated carbocycles. The quantitative estimate of drug-likeness (QED) is 0.626. The predicted octanol–water partition coefficient (Wildman–Crippen LogP) is 5.16. The van der Waals surface area contributed by atoms with Crippen molar-refractivity contribution >= 4 is 26.9 Å². The highest BCUT2D eigenvalue weighted by atomic mass is 79.9. The molecule has 0 radical (unpaired) electrons. The Morgan fingerprint density at radius 2 is 1.85 bits per heavy atom. The Labute approximate surface area is 166 Å². The molecule has 0 spiro atoms. The number of hydrogen-bond donors (Lipinski definition) is 1. The zero-order valence-electron chi connectivity index (χ0n) is 15.2. The number of rotatable bonds is 3. The maximum Gasteiger partial charge on any atom is 0.200 e. The van der Waals surface area contributed by atoms with Crippen LogP contribution in [0.2, 0.25) is 0 Å². The number of phenolic OH excluding ortho intramolecular Hbond substituents is 1. The fraction of sp³-hybridized carbons (Fsp3) is 0.318. The molecule has 4 rings (SSSR count). The molecule has 140 valence electrons. The largest absolute Gasteiger partial charge is 0.507 e. The highest BCUT2D eigenvalue weighted by molar-refractivity contribution is 9.10. The molecular weight excluding hydrogens is 406 g/mol. The van der Waals surface area contributed by atoms with E-state index in [1.54, 1.807) is 12.1 Å². The number of piperidine rings is 1. The van der Waals surface area contributed by atoms with Gasteiger partial charge in [0.15, 0.2) is 0 Å². The van der Waals surface area contributed by atoms with Crippen molar-refractivity contribution in [1.29, 1.82) is 0 Å². The second-order valence-corrected chi connectivity index (χ2v) is 8.30. The van der Waals surface area contributed by atoms with Crippen molar-refractivity contribution in [2.24, 2.45) is 5.92 Å². The Bertz CT molecular complexity index is 1020. The van der Waals surface area contributed by atoms with Crippen LogP contribution in [0.15, 0.2) is 56.3 Å². The van der Waals surface area contributed by atoms with Crippen LogP contribution in [-0.4, -0.2) is 23.1 Å². The van der Waals surface area contributed by atoms with Crippen LogP contribution in [-0.2, 0) is 6.54 Å². The number of nitrogens with zero attached hydrogens (tertiary/aromatic N) is 1. The third-order valence-electron chi connectivity index (χ3n) is 5.43. The first kappa shape index (κ1) is 18.3. The number of aromatic hydroxyl groups is 1. The van der Waals surface area contributed by atoms with Gasteiger partial charge in [0, 0.05) is 11.0 Å². The molecule has 1 N–H and O–H groups in total. The maximum absolute atomic E-state index is 13.0. The van der Waals surface area contributed by atoms with Crippen molar-refractivity contribution in [3.05, 3.63) is 62.9 Å². The first-order valence-corrected chi connectivity index (χ1v) is 10.1. The molecule has 0 unspecified atom stereocenters. The summed E-state index contributed by atoms with van der Waals surface area (Å²) in [7, 11) is 0. The van der Waals surface area contributed by atoms with Gasteiger partial charge in [-0.2, -0.15) is 0 Å². The van der Waals surface area contributed by atoms with Gasteiger partial charge in [-0.05, 0) is 61.7 Å². The SMILES string of the molecule is CC1CCN(Cc2c(O)ccc3c(=O)c(-c4ccc(Br)cc4)coc23)CC1. The molecular formula is C22H22BrNO3. The highest BCUT2D eigenvalue weighted by Crippen LogP contribution is 2.30. The fourth-order valence-corrected chi connectivity index (χ4v) is 3.94. The Morgan fingerprint density at radius 3 is 2.56 bits per heavy atom. The zero-order chi connectivity index (χ0) is 19.0. The standard InChI is InChI=1S/C22H22BrNO3/c1-14-8-10-24(11-9-14)12-18-20(25)7-6-17-21(26)19(13-27-22(17)18)15-2-4-16(23)5-3-15/h2-7,13-14,25H,8-12H2,1H3. The minimum atomic E-state index is -0.0768. The van der Waals surface area contributed by atoms with Crippen LogP contribution in [0.5, 0.6) is 5.75 Å². The van der Waals surface area contributed by atoms with Crippen molar-refractivity contribution < 1.29 is 9.52 Å². The number of halogens is 1. The second kappa shape index (κ2) is 7.49. The van der Waals surface area contributed by atoms with Crippen LogP contribution in [0, 0.1) is 5.92 Å². The topological polar surface area (TPSA) is 53.7 Å². The Morgan fingerprint density at radius 1 is 1.15 bits per heavy atom. The van der Waals surface area contributed by atoms with Gasteiger partial charge in [0.1, 0.15) is 17.6 Å². The van der Waals surface area contributed by atoms with Gasteiger partial charge in [-0.3, -0.25) is 9.69 Å². The molecule has 1 saturated heterocycles. The highest BCUT2D eigenvalue weighted by Gasteiger charge is 2.20. The van der Waals surface area contributed by atoms with Crippen molar-refractivity contribution in [2.75, 3.05) is 13.1 Å². The molecule has 0 aliphatic carbocycles. The van der Waals surface area contributed by atoms with Crippen LogP contribution in [0.25, 0.3) is 22.1 Å². The number of hydrogen-bond acceptors (Lipinski definition) is 4. The van der Waals surface area contributed by atoms with Gasteiger partial charge >= 0.3 is 0 Å². The average Bonchev–Trinajstić information content (AvgIpc) is 2.67. The normalized spacial score (nSPS) is 16.1. The van der Waals surface area contributed by atoms with E-state index in [9.17, 15) is 9.90 Å². The number of benzene rings is 2. The van der Waals surface area contributed by atoms with Gasteiger partial charge in [-0.15, -0.1) is 0 Å². The molecule has 0 amide bonds. The van der Waals surface area contributed by atoms with E-state index in [1.807, 2.05) is 24.3 Å². The molecule has 2 heterocycles. The van der Waals surface area contributed by atoms with Crippen molar-refractivity contribution in [2.45, 2.75) is 26.3 Å². The minimum absolute atomic E-state index is 0.0768. The summed E-state index contributed by atoms with van der Waals surface area (Å²) in [6.45, 7) is 4.86. The van der Waals surface area contributed by atoms with E-state index in [-0.39, 0.29) is 11.2 Å². The Hall–Kier alpha value is -2.11. The van der Waals surface area contributed by atoms with Crippen LogP contribution in [0.1, 0.15) is 25.3 Å². The summed E-state index contributed by atoms with van der Waals surface area (Å²) in [4.78, 5) is 15.4. The van der Waals surface area contributed by atoms with E-state index in [0.717, 1.165) is 41.9 Å². The number of likely N-dealkylation sites (tertiary alicyclic amines) is 1. The zero-order valence-corrected chi connectivity index (χ0v) is 16.8. The van der Waals surface area contributed by atoms with Crippen molar-refractivity contribution in [3.8, 4) is 16.9 Å². The van der Waals surface area contributed by atoms with Gasteiger partial charge in [-0.25, -0.2) is 0 Å². The summed E-state index contributed by atoms with van der Waals surface area (Å²) in [6.07, 6.45) is 3.82. The lowest BCUT2D eigenvalue weighted by atomic mass is 9.98. The summed E-state index contributed by atoms with van der Waals surface area (Å²) in [5, 5.41) is 10.9. The first-order valence-electron chi connectivity index (χ1n) is 9.27. The lowest BCUT2D eigenvalue weighted by Gasteiger charge is -2.30. The third kappa shape index (κ3) is 3.66. The van der Waals surface area contributed by atoms with Crippen LogP contribution in [0.4, 0.5) is 0 Å². The molecule has 5 heteroatoms. The summed E-state index contributed by atoms with van der Waals surface area (Å²) in [6, 6.07) is 10.8. The van der Waals surface area contributed by atoms with E-state index in [2.05, 4.69) is 27.8 Å². The summed E-state index contributed by atoms with van der Waals surface area (Å²) in [5.41, 5.74) is 2.44. The second-order valence-electron chi connectivity index (χ2n) is 7.38. The molecule has 1 aliphatic rings. The molecule has 1 aromatic heterocycles. The smallest absolute Gasteiger partial charge is 0.200 e. The molecule has 1 fully saturated rings. The predicted molar refractivity (Wildman–Crippen MR) is 111 cm³/mol. The summed E-state index contributed by atoms with van der Waals surface area (Å²) < 4.78 is 6.84. The fourth-order valence-electron chi connectivity index (χ4n) is 3.67. The van der Waals surface area contributed by atoms with Crippen LogP contribution >= 0.6 is 15.9 Å². The monoisotopic (exact) mass is 427 g/mol. The van der Waals surface area contributed by atoms with E-state index >= 15 is 0 Å². The number of phenols is 1. The Balaban J connectivity index is 1.75. The van der Waals surface area contributed by atoms with Gasteiger partial charge < -0.3 is 9.52 Å². The lowest BCUT2D eigenvalue weighted by molar-refractivity contribution is 0.184. The van der Waals surface area contributed by atoms with Gasteiger partial charge in [0.05, 0.1) is 16.5 Å². The van der Waals surface area contributed by atoms with Gasteiger partial charge in [0.2, 0.25) is 5.43 Å². The Kier molecular flexibility index (Phi) is 5.06. The van der Waals surface area contributed by atoms with Gasteiger partial charge in [-0.1, -0.05) is 35.0 Å². The van der Waals surface area contributed by atoms with E-state index in [0.29, 0.717) is 28.6 Å². The van der Waals surface area contributed by atoms with Crippen LogP contribution in [0.3, 0.4) is 0 Å². The van der Waals surface area contributed by atoms with E-state index in [1.165, 1.54) is 6.26 Å². The average molecular weight is 428 g/mol. The van der Waals surface area contributed by atoms with Gasteiger partial charge in [0.25, 0.3) is 0 Å². The maximum atomic E-state index is 13.0. The molecule has 2 aromatic carbocycles. The lowest BCUT2D eigenvalue weighted by Crippen LogP contribution is -2.32. The first-order chi connectivity index (χ1) is 13.0. The van der Waals surface area contributed by atoms with Crippen LogP contribution < -0.4 is 5.43 Å². The minimum Gasteiger partial charge on any atom is -0.507 e. The summed E-state index contributed by atoms with van der Waals surface area (Å²) >= 11 is 3.41. The third-order valence-corrected chi connectivity index (χ3v) is 5.96. The summed E-state index contributed by atoms with van der Waals surface area (Å²) in [5.74, 6) is 0.925. The molecule has 0 atom stereocenters.